The molecule has 2 aromatic heterocycles. The highest BCUT2D eigenvalue weighted by molar-refractivity contribution is 5.85. The molecule has 1 N–H and O–H groups in total. The van der Waals surface area contributed by atoms with E-state index in [1.807, 2.05) is 0 Å². The standard InChI is InChI=1S/C13H14N4O2/c18-13(19)11-6-7-17(16-11)12-9-4-2-1-3-5-10(9)14-8-15-12/h6-8H,1-5H2,(H,18,19). The molecule has 0 saturated carbocycles. The third kappa shape index (κ3) is 2.21. The number of carboxylic acids is 1. The summed E-state index contributed by atoms with van der Waals surface area (Å²) in [5.41, 5.74) is 2.19. The summed E-state index contributed by atoms with van der Waals surface area (Å²) in [4.78, 5) is 19.5. The quantitative estimate of drug-likeness (QED) is 0.828. The van der Waals surface area contributed by atoms with Crippen molar-refractivity contribution in [1.82, 2.24) is 19.7 Å². The number of hydrogen-bond acceptors (Lipinski definition) is 4. The van der Waals surface area contributed by atoms with Gasteiger partial charge in [0, 0.05) is 17.5 Å². The summed E-state index contributed by atoms with van der Waals surface area (Å²) >= 11 is 0. The number of carbonyl (C=O) groups is 1. The lowest BCUT2D eigenvalue weighted by Crippen LogP contribution is -2.09. The lowest BCUT2D eigenvalue weighted by atomic mass is 10.1. The van der Waals surface area contributed by atoms with Crippen LogP contribution >= 0.6 is 0 Å². The zero-order valence-electron chi connectivity index (χ0n) is 10.4. The fourth-order valence-corrected chi connectivity index (χ4v) is 2.43. The first-order valence-corrected chi connectivity index (χ1v) is 6.38. The zero-order chi connectivity index (χ0) is 13.2. The van der Waals surface area contributed by atoms with Gasteiger partial charge < -0.3 is 5.11 Å². The fraction of sp³-hybridized carbons (Fsp3) is 0.385. The molecule has 19 heavy (non-hydrogen) atoms. The summed E-state index contributed by atoms with van der Waals surface area (Å²) in [6.45, 7) is 0. The van der Waals surface area contributed by atoms with Crippen molar-refractivity contribution in [1.29, 1.82) is 0 Å². The van der Waals surface area contributed by atoms with E-state index in [-0.39, 0.29) is 5.69 Å². The lowest BCUT2D eigenvalue weighted by Gasteiger charge is -2.09. The molecule has 0 fully saturated rings. The van der Waals surface area contributed by atoms with Crippen LogP contribution in [0.1, 0.15) is 41.0 Å². The van der Waals surface area contributed by atoms with E-state index in [1.165, 1.54) is 23.5 Å². The van der Waals surface area contributed by atoms with E-state index in [0.29, 0.717) is 5.82 Å². The monoisotopic (exact) mass is 258 g/mol. The smallest absolute Gasteiger partial charge is 0.356 e. The predicted molar refractivity (Wildman–Crippen MR) is 67.4 cm³/mol. The van der Waals surface area contributed by atoms with Crippen LogP contribution in [0.15, 0.2) is 18.6 Å². The average Bonchev–Trinajstić information content (AvgIpc) is 2.77. The Morgan fingerprint density at radius 3 is 2.84 bits per heavy atom. The maximum absolute atomic E-state index is 10.9. The summed E-state index contributed by atoms with van der Waals surface area (Å²) in [6, 6.07) is 1.48. The molecule has 1 aliphatic rings. The molecule has 6 heteroatoms. The normalized spacial score (nSPS) is 14.7. The summed E-state index contributed by atoms with van der Waals surface area (Å²) in [5.74, 6) is -0.321. The van der Waals surface area contributed by atoms with Gasteiger partial charge in [0.25, 0.3) is 0 Å². The lowest BCUT2D eigenvalue weighted by molar-refractivity contribution is 0.0690. The van der Waals surface area contributed by atoms with E-state index >= 15 is 0 Å². The average molecular weight is 258 g/mol. The second-order valence-electron chi connectivity index (χ2n) is 4.63. The number of fused-ring (bicyclic) bond motifs is 1. The fourth-order valence-electron chi connectivity index (χ4n) is 2.43. The molecule has 0 radical (unpaired) electrons. The highest BCUT2D eigenvalue weighted by atomic mass is 16.4. The molecule has 98 valence electrons. The van der Waals surface area contributed by atoms with Gasteiger partial charge in [-0.15, -0.1) is 0 Å². The van der Waals surface area contributed by atoms with E-state index in [9.17, 15) is 4.79 Å². The number of aromatic nitrogens is 4. The van der Waals surface area contributed by atoms with Crippen molar-refractivity contribution >= 4 is 5.97 Å². The van der Waals surface area contributed by atoms with Gasteiger partial charge in [-0.25, -0.2) is 19.4 Å². The van der Waals surface area contributed by atoms with Crippen LogP contribution in [0.25, 0.3) is 5.82 Å². The Bertz CT molecular complexity index is 621. The van der Waals surface area contributed by atoms with Gasteiger partial charge in [-0.05, 0) is 31.7 Å². The van der Waals surface area contributed by atoms with Crippen LogP contribution < -0.4 is 0 Å². The molecule has 0 amide bonds. The molecule has 6 nitrogen and oxygen atoms in total. The van der Waals surface area contributed by atoms with Crippen LogP contribution in [0.4, 0.5) is 0 Å². The van der Waals surface area contributed by atoms with Crippen LogP contribution in [0.3, 0.4) is 0 Å². The van der Waals surface area contributed by atoms with Gasteiger partial charge in [0.05, 0.1) is 0 Å². The molecule has 0 aliphatic heterocycles. The van der Waals surface area contributed by atoms with Crippen molar-refractivity contribution in [3.05, 3.63) is 35.5 Å². The zero-order valence-corrected chi connectivity index (χ0v) is 10.4. The molecule has 1 aliphatic carbocycles. The van der Waals surface area contributed by atoms with Gasteiger partial charge in [-0.1, -0.05) is 6.42 Å². The summed E-state index contributed by atoms with van der Waals surface area (Å²) in [6.07, 6.45) is 8.49. The minimum absolute atomic E-state index is 0.0287. The van der Waals surface area contributed by atoms with Crippen LogP contribution in [-0.4, -0.2) is 30.8 Å². The summed E-state index contributed by atoms with van der Waals surface area (Å²) in [5, 5.41) is 13.0. The molecule has 3 rings (SSSR count). The number of aryl methyl sites for hydroxylation is 1. The van der Waals surface area contributed by atoms with E-state index in [2.05, 4.69) is 15.1 Å². The first kappa shape index (κ1) is 11.8. The van der Waals surface area contributed by atoms with Crippen molar-refractivity contribution in [3.8, 4) is 5.82 Å². The molecular weight excluding hydrogens is 244 g/mol. The van der Waals surface area contributed by atoms with E-state index < -0.39 is 5.97 Å². The SMILES string of the molecule is O=C(O)c1ccn(-c2ncnc3c2CCCCC3)n1. The van der Waals surface area contributed by atoms with Crippen molar-refractivity contribution in [2.75, 3.05) is 0 Å². The Hall–Kier alpha value is -2.24. The molecule has 0 saturated heterocycles. The number of hydrogen-bond donors (Lipinski definition) is 1. The van der Waals surface area contributed by atoms with Crippen molar-refractivity contribution in [2.24, 2.45) is 0 Å². The highest BCUT2D eigenvalue weighted by Gasteiger charge is 2.17. The Morgan fingerprint density at radius 1 is 1.21 bits per heavy atom. The molecule has 0 spiro atoms. The number of aromatic carboxylic acids is 1. The topological polar surface area (TPSA) is 80.9 Å². The molecule has 0 unspecified atom stereocenters. The minimum Gasteiger partial charge on any atom is -0.476 e. The third-order valence-corrected chi connectivity index (χ3v) is 3.38. The van der Waals surface area contributed by atoms with Crippen molar-refractivity contribution in [3.63, 3.8) is 0 Å². The van der Waals surface area contributed by atoms with Gasteiger partial charge in [0.1, 0.15) is 6.33 Å². The first-order chi connectivity index (χ1) is 9.25. The molecule has 0 atom stereocenters. The largest absolute Gasteiger partial charge is 0.476 e. The summed E-state index contributed by atoms with van der Waals surface area (Å²) in [7, 11) is 0. The van der Waals surface area contributed by atoms with Crippen LogP contribution in [0.2, 0.25) is 0 Å². The second kappa shape index (κ2) is 4.79. The van der Waals surface area contributed by atoms with Gasteiger partial charge in [-0.2, -0.15) is 5.10 Å². The van der Waals surface area contributed by atoms with Crippen LogP contribution in [0, 0.1) is 0 Å². The van der Waals surface area contributed by atoms with Crippen LogP contribution in [0.5, 0.6) is 0 Å². The minimum atomic E-state index is -1.03. The molecule has 0 bridgehead atoms. The molecular formula is C13H14N4O2. The van der Waals surface area contributed by atoms with E-state index in [1.54, 1.807) is 6.20 Å². The van der Waals surface area contributed by atoms with E-state index in [4.69, 9.17) is 5.11 Å². The Kier molecular flexibility index (Phi) is 2.98. The van der Waals surface area contributed by atoms with E-state index in [0.717, 1.165) is 36.9 Å². The Labute approximate surface area is 110 Å². The molecule has 0 aromatic carbocycles. The van der Waals surface area contributed by atoms with Gasteiger partial charge >= 0.3 is 5.97 Å². The number of nitrogens with zero attached hydrogens (tertiary/aromatic N) is 4. The van der Waals surface area contributed by atoms with Gasteiger partial charge in [0.15, 0.2) is 11.5 Å². The van der Waals surface area contributed by atoms with Crippen molar-refractivity contribution < 1.29 is 9.90 Å². The Balaban J connectivity index is 2.06. The molecule has 2 aromatic rings. The maximum Gasteiger partial charge on any atom is 0.356 e. The predicted octanol–water partition coefficient (Wildman–Crippen LogP) is 1.63. The maximum atomic E-state index is 10.9. The number of carboxylic acid groups (broad SMARTS) is 1. The molecule has 2 heterocycles. The summed E-state index contributed by atoms with van der Waals surface area (Å²) < 4.78 is 1.54. The third-order valence-electron chi connectivity index (χ3n) is 3.38. The van der Waals surface area contributed by atoms with Crippen molar-refractivity contribution in [2.45, 2.75) is 32.1 Å². The van der Waals surface area contributed by atoms with Gasteiger partial charge in [-0.3, -0.25) is 0 Å². The first-order valence-electron chi connectivity index (χ1n) is 6.38. The van der Waals surface area contributed by atoms with Gasteiger partial charge in [0.2, 0.25) is 0 Å². The Morgan fingerprint density at radius 2 is 2.05 bits per heavy atom. The second-order valence-corrected chi connectivity index (χ2v) is 4.63. The van der Waals surface area contributed by atoms with Crippen LogP contribution in [-0.2, 0) is 12.8 Å². The number of rotatable bonds is 2. The highest BCUT2D eigenvalue weighted by Crippen LogP contribution is 2.22.